The van der Waals surface area contributed by atoms with Crippen molar-refractivity contribution in [2.75, 3.05) is 13.2 Å². The van der Waals surface area contributed by atoms with Crippen LogP contribution < -0.4 is 0 Å². The first-order valence-electron chi connectivity index (χ1n) is 28.4. The molecule has 0 aliphatic rings. The Kier molecular flexibility index (Phi) is 52.8. The predicted molar refractivity (Wildman–Crippen MR) is 288 cm³/mol. The quantitative estimate of drug-likeness (QED) is 0.0262. The summed E-state index contributed by atoms with van der Waals surface area (Å²) < 4.78 is 16.8. The van der Waals surface area contributed by atoms with Crippen molar-refractivity contribution in [3.05, 3.63) is 72.9 Å². The van der Waals surface area contributed by atoms with Crippen molar-refractivity contribution < 1.29 is 28.6 Å². The fourth-order valence-electron chi connectivity index (χ4n) is 7.89. The Bertz CT molecular complexity index is 1260. The molecule has 67 heavy (non-hydrogen) atoms. The summed E-state index contributed by atoms with van der Waals surface area (Å²) in [6.07, 6.45) is 70.4. The van der Waals surface area contributed by atoms with E-state index < -0.39 is 6.10 Å². The molecule has 0 N–H and O–H groups in total. The zero-order valence-electron chi connectivity index (χ0n) is 44.2. The standard InChI is InChI=1S/C61H106O6/c1-4-7-10-13-16-19-22-25-27-28-29-30-31-32-34-36-39-42-45-48-51-54-60(63)66-57-58(56-65-59(62)53-50-47-44-41-38-35-24-21-18-15-12-9-6-3)67-61(64)55-52-49-46-43-40-37-33-26-23-20-17-14-11-8-5-2/h9,12,18,21-22,25-26,28-29,33,35,38,58H,4-8,10-11,13-17,19-20,23-24,27,30-32,34,36-37,39-57H2,1-3H3/b12-9-,21-18-,25-22-,29-28-,33-26-,38-35-. The average Bonchev–Trinajstić information content (AvgIpc) is 3.33. The SMILES string of the molecule is CC/C=C\C/C=C\C/C=C\CCCCCC(=O)OCC(COC(=O)CCCCCCCCCCC/C=C\C/C=C\CCCCCCC)OC(=O)CCCCCCC/C=C\CCCCCCCC. The van der Waals surface area contributed by atoms with Gasteiger partial charge in [0.25, 0.3) is 0 Å². The third kappa shape index (κ3) is 53.7. The molecule has 0 heterocycles. The molecule has 0 aromatic rings. The van der Waals surface area contributed by atoms with Gasteiger partial charge in [-0.2, -0.15) is 0 Å². The lowest BCUT2D eigenvalue weighted by molar-refractivity contribution is -0.167. The molecule has 0 saturated carbocycles. The Morgan fingerprint density at radius 2 is 0.582 bits per heavy atom. The van der Waals surface area contributed by atoms with Gasteiger partial charge in [-0.1, -0.05) is 222 Å². The molecule has 6 nitrogen and oxygen atoms in total. The van der Waals surface area contributed by atoms with E-state index in [1.54, 1.807) is 0 Å². The first kappa shape index (κ1) is 63.8. The van der Waals surface area contributed by atoms with E-state index in [4.69, 9.17) is 14.2 Å². The fraction of sp³-hybridized carbons (Fsp3) is 0.754. The van der Waals surface area contributed by atoms with E-state index in [9.17, 15) is 14.4 Å². The van der Waals surface area contributed by atoms with Crippen molar-refractivity contribution in [1.29, 1.82) is 0 Å². The van der Waals surface area contributed by atoms with Gasteiger partial charge in [0.2, 0.25) is 0 Å². The van der Waals surface area contributed by atoms with Crippen LogP contribution in [0.2, 0.25) is 0 Å². The molecular formula is C61H106O6. The molecule has 6 heteroatoms. The van der Waals surface area contributed by atoms with Crippen molar-refractivity contribution >= 4 is 17.9 Å². The largest absolute Gasteiger partial charge is 0.462 e. The van der Waals surface area contributed by atoms with E-state index in [1.807, 2.05) is 0 Å². The smallest absolute Gasteiger partial charge is 0.306 e. The first-order valence-corrected chi connectivity index (χ1v) is 28.4. The van der Waals surface area contributed by atoms with Gasteiger partial charge in [0.1, 0.15) is 13.2 Å². The van der Waals surface area contributed by atoms with Crippen LogP contribution in [0.4, 0.5) is 0 Å². The second kappa shape index (κ2) is 55.4. The van der Waals surface area contributed by atoms with Crippen molar-refractivity contribution in [1.82, 2.24) is 0 Å². The highest BCUT2D eigenvalue weighted by atomic mass is 16.6. The minimum absolute atomic E-state index is 0.0900. The van der Waals surface area contributed by atoms with Gasteiger partial charge in [-0.05, 0) is 109 Å². The molecule has 0 radical (unpaired) electrons. The molecule has 0 aromatic carbocycles. The Morgan fingerprint density at radius 1 is 0.313 bits per heavy atom. The van der Waals surface area contributed by atoms with Gasteiger partial charge in [0.05, 0.1) is 0 Å². The Balaban J connectivity index is 4.37. The number of rotatable bonds is 51. The summed E-state index contributed by atoms with van der Waals surface area (Å²) in [5.74, 6) is -0.927. The summed E-state index contributed by atoms with van der Waals surface area (Å²) in [5, 5.41) is 0. The van der Waals surface area contributed by atoms with Crippen molar-refractivity contribution in [3.63, 3.8) is 0 Å². The first-order chi connectivity index (χ1) is 33.0. The van der Waals surface area contributed by atoms with Crippen LogP contribution in [0.3, 0.4) is 0 Å². The summed E-state index contributed by atoms with van der Waals surface area (Å²) in [6.45, 7) is 6.49. The van der Waals surface area contributed by atoms with E-state index in [0.717, 1.165) is 103 Å². The fourth-order valence-corrected chi connectivity index (χ4v) is 7.89. The third-order valence-corrected chi connectivity index (χ3v) is 12.2. The highest BCUT2D eigenvalue weighted by Gasteiger charge is 2.19. The second-order valence-electron chi connectivity index (χ2n) is 18.8. The summed E-state index contributed by atoms with van der Waals surface area (Å²) in [4.78, 5) is 38.1. The van der Waals surface area contributed by atoms with Crippen LogP contribution in [0.5, 0.6) is 0 Å². The van der Waals surface area contributed by atoms with Gasteiger partial charge in [-0.15, -0.1) is 0 Å². The van der Waals surface area contributed by atoms with E-state index in [2.05, 4.69) is 93.7 Å². The normalized spacial score (nSPS) is 12.6. The molecule has 0 aliphatic carbocycles. The maximum atomic E-state index is 12.8. The van der Waals surface area contributed by atoms with Crippen LogP contribution in [0, 0.1) is 0 Å². The molecule has 0 fully saturated rings. The molecule has 386 valence electrons. The third-order valence-electron chi connectivity index (χ3n) is 12.2. The molecular weight excluding hydrogens is 829 g/mol. The maximum absolute atomic E-state index is 12.8. The van der Waals surface area contributed by atoms with Crippen LogP contribution in [-0.4, -0.2) is 37.2 Å². The van der Waals surface area contributed by atoms with Crippen LogP contribution in [0.25, 0.3) is 0 Å². The van der Waals surface area contributed by atoms with Gasteiger partial charge in [-0.3, -0.25) is 14.4 Å². The van der Waals surface area contributed by atoms with Crippen LogP contribution in [0.1, 0.15) is 278 Å². The minimum atomic E-state index is -0.793. The molecule has 0 rings (SSSR count). The number of esters is 3. The Morgan fingerprint density at radius 3 is 0.940 bits per heavy atom. The molecule has 0 spiro atoms. The molecule has 0 bridgehead atoms. The lowest BCUT2D eigenvalue weighted by Gasteiger charge is -2.18. The van der Waals surface area contributed by atoms with Gasteiger partial charge >= 0.3 is 17.9 Å². The zero-order valence-corrected chi connectivity index (χ0v) is 44.2. The second-order valence-corrected chi connectivity index (χ2v) is 18.8. The van der Waals surface area contributed by atoms with Gasteiger partial charge in [-0.25, -0.2) is 0 Å². The lowest BCUT2D eigenvalue weighted by atomic mass is 10.1. The number of hydrogen-bond donors (Lipinski definition) is 0. The zero-order chi connectivity index (χ0) is 48.6. The number of carbonyl (C=O) groups excluding carboxylic acids is 3. The molecule has 1 atom stereocenters. The van der Waals surface area contributed by atoms with Crippen molar-refractivity contribution in [3.8, 4) is 0 Å². The maximum Gasteiger partial charge on any atom is 0.306 e. The van der Waals surface area contributed by atoms with E-state index in [0.29, 0.717) is 19.3 Å². The summed E-state index contributed by atoms with van der Waals surface area (Å²) in [6, 6.07) is 0. The molecule has 1 unspecified atom stereocenters. The van der Waals surface area contributed by atoms with Gasteiger partial charge < -0.3 is 14.2 Å². The summed E-state index contributed by atoms with van der Waals surface area (Å²) >= 11 is 0. The molecule has 0 aromatic heterocycles. The number of hydrogen-bond acceptors (Lipinski definition) is 6. The molecule has 0 saturated heterocycles. The Hall–Kier alpha value is -3.15. The number of carbonyl (C=O) groups is 3. The van der Waals surface area contributed by atoms with E-state index in [-0.39, 0.29) is 31.1 Å². The van der Waals surface area contributed by atoms with E-state index >= 15 is 0 Å². The van der Waals surface area contributed by atoms with Crippen molar-refractivity contribution in [2.24, 2.45) is 0 Å². The van der Waals surface area contributed by atoms with Crippen LogP contribution >= 0.6 is 0 Å². The van der Waals surface area contributed by atoms with Crippen molar-refractivity contribution in [2.45, 2.75) is 284 Å². The highest BCUT2D eigenvalue weighted by molar-refractivity contribution is 5.71. The molecule has 0 aliphatic heterocycles. The summed E-state index contributed by atoms with van der Waals surface area (Å²) in [7, 11) is 0. The number of unbranched alkanes of at least 4 members (excludes halogenated alkanes) is 28. The van der Waals surface area contributed by atoms with Crippen LogP contribution in [0.15, 0.2) is 72.9 Å². The minimum Gasteiger partial charge on any atom is -0.462 e. The number of allylic oxidation sites excluding steroid dienone is 12. The predicted octanol–water partition coefficient (Wildman–Crippen LogP) is 19.0. The van der Waals surface area contributed by atoms with Gasteiger partial charge in [0, 0.05) is 19.3 Å². The highest BCUT2D eigenvalue weighted by Crippen LogP contribution is 2.15. The molecule has 0 amide bonds. The number of ether oxygens (including phenoxy) is 3. The monoisotopic (exact) mass is 935 g/mol. The van der Waals surface area contributed by atoms with Gasteiger partial charge in [0.15, 0.2) is 6.10 Å². The summed E-state index contributed by atoms with van der Waals surface area (Å²) in [5.41, 5.74) is 0. The average molecular weight is 936 g/mol. The Labute approximate surface area is 414 Å². The topological polar surface area (TPSA) is 78.9 Å². The van der Waals surface area contributed by atoms with Crippen LogP contribution in [-0.2, 0) is 28.6 Å². The van der Waals surface area contributed by atoms with E-state index in [1.165, 1.54) is 135 Å². The lowest BCUT2D eigenvalue weighted by Crippen LogP contribution is -2.30.